The molecule has 1 aromatic heterocycles. The van der Waals surface area contributed by atoms with E-state index < -0.39 is 5.97 Å². The molecule has 0 aliphatic carbocycles. The Balaban J connectivity index is 1.57. The number of hydrogen-bond acceptors (Lipinski definition) is 4. The molecule has 1 fully saturated rings. The second kappa shape index (κ2) is 11.3. The van der Waals surface area contributed by atoms with Crippen molar-refractivity contribution in [2.45, 2.75) is 57.3 Å². The van der Waals surface area contributed by atoms with E-state index in [1.165, 1.54) is 5.56 Å². The molecule has 1 amide bonds. The van der Waals surface area contributed by atoms with E-state index in [4.69, 9.17) is 15.1 Å². The molecule has 0 radical (unpaired) electrons. The predicted molar refractivity (Wildman–Crippen MR) is 138 cm³/mol. The van der Waals surface area contributed by atoms with Crippen LogP contribution in [0.15, 0.2) is 61.2 Å². The lowest BCUT2D eigenvalue weighted by molar-refractivity contribution is -0.137. The molecule has 6 heteroatoms. The van der Waals surface area contributed by atoms with Crippen LogP contribution in [0.5, 0.6) is 0 Å². The van der Waals surface area contributed by atoms with Gasteiger partial charge in [-0.25, -0.2) is 9.97 Å². The number of carboxylic acids is 1. The topological polar surface area (TPSA) is 83.4 Å². The summed E-state index contributed by atoms with van der Waals surface area (Å²) in [6.45, 7) is 7.41. The zero-order valence-electron chi connectivity index (χ0n) is 20.3. The summed E-state index contributed by atoms with van der Waals surface area (Å²) in [6.07, 6.45) is 6.02. The van der Waals surface area contributed by atoms with Crippen molar-refractivity contribution in [2.75, 3.05) is 13.1 Å². The number of piperidine rings is 1. The van der Waals surface area contributed by atoms with Crippen LogP contribution in [0.2, 0.25) is 0 Å². The quantitative estimate of drug-likeness (QED) is 0.318. The number of nitrogens with zero attached hydrogens (tertiary/aromatic N) is 3. The molecule has 35 heavy (non-hydrogen) atoms. The van der Waals surface area contributed by atoms with Crippen LogP contribution in [0.4, 0.5) is 0 Å². The summed E-state index contributed by atoms with van der Waals surface area (Å²) in [7, 11) is 0. The number of benzene rings is 2. The number of amides is 1. The number of carboxylic acid groups (broad SMARTS) is 1. The number of allylic oxidation sites excluding steroid dienone is 1. The monoisotopic (exact) mass is 471 g/mol. The first-order chi connectivity index (χ1) is 17.0. The van der Waals surface area contributed by atoms with Gasteiger partial charge in [0.15, 0.2) is 0 Å². The van der Waals surface area contributed by atoms with Crippen LogP contribution in [0.3, 0.4) is 0 Å². The molecule has 182 valence electrons. The second-order valence-electron chi connectivity index (χ2n) is 9.39. The molecule has 1 aliphatic heterocycles. The molecule has 2 atom stereocenters. The maximum atomic E-state index is 13.4. The summed E-state index contributed by atoms with van der Waals surface area (Å²) in [6, 6.07) is 16.0. The minimum absolute atomic E-state index is 0.0286. The van der Waals surface area contributed by atoms with Gasteiger partial charge in [-0.2, -0.15) is 0 Å². The Morgan fingerprint density at radius 3 is 2.69 bits per heavy atom. The van der Waals surface area contributed by atoms with Gasteiger partial charge in [0.25, 0.3) is 5.91 Å². The van der Waals surface area contributed by atoms with Crippen LogP contribution in [0.25, 0.3) is 11.0 Å². The molecule has 0 spiro atoms. The van der Waals surface area contributed by atoms with Gasteiger partial charge in [0.2, 0.25) is 0 Å². The third-order valence-corrected chi connectivity index (χ3v) is 6.83. The highest BCUT2D eigenvalue weighted by atomic mass is 16.4. The van der Waals surface area contributed by atoms with Crippen LogP contribution in [-0.2, 0) is 11.2 Å². The number of aryl methyl sites for hydroxylation is 1. The van der Waals surface area contributed by atoms with Gasteiger partial charge in [-0.3, -0.25) is 9.59 Å². The SMILES string of the molecule is C=CC(C)c1nc2ccc(C(=O)N3CCC[C@@H](c4ccccc4)C3)cc2nc1CCCCC(=O)O. The molecule has 4 rings (SSSR count). The molecule has 2 aromatic carbocycles. The predicted octanol–water partition coefficient (Wildman–Crippen LogP) is 5.74. The van der Waals surface area contributed by atoms with Crippen LogP contribution >= 0.6 is 0 Å². The fourth-order valence-electron chi connectivity index (χ4n) is 4.81. The highest BCUT2D eigenvalue weighted by molar-refractivity contribution is 5.97. The molecule has 2 heterocycles. The summed E-state index contributed by atoms with van der Waals surface area (Å²) in [4.78, 5) is 36.0. The molecule has 1 saturated heterocycles. The lowest BCUT2D eigenvalue weighted by Crippen LogP contribution is -2.39. The van der Waals surface area contributed by atoms with Gasteiger partial charge in [0.05, 0.1) is 22.4 Å². The van der Waals surface area contributed by atoms with Crippen molar-refractivity contribution in [1.82, 2.24) is 14.9 Å². The molecule has 1 N–H and O–H groups in total. The Morgan fingerprint density at radius 1 is 1.14 bits per heavy atom. The van der Waals surface area contributed by atoms with Crippen LogP contribution in [-0.4, -0.2) is 44.9 Å². The zero-order valence-corrected chi connectivity index (χ0v) is 20.3. The first-order valence-corrected chi connectivity index (χ1v) is 12.5. The Morgan fingerprint density at radius 2 is 1.94 bits per heavy atom. The average Bonchev–Trinajstić information content (AvgIpc) is 2.90. The third kappa shape index (κ3) is 5.94. The minimum Gasteiger partial charge on any atom is -0.481 e. The fraction of sp³-hybridized carbons (Fsp3) is 0.379. The van der Waals surface area contributed by atoms with E-state index in [2.05, 4.69) is 30.8 Å². The molecule has 0 bridgehead atoms. The Kier molecular flexibility index (Phi) is 7.91. The van der Waals surface area contributed by atoms with E-state index in [-0.39, 0.29) is 18.2 Å². The van der Waals surface area contributed by atoms with Crippen molar-refractivity contribution in [3.63, 3.8) is 0 Å². The first-order valence-electron chi connectivity index (χ1n) is 12.5. The van der Waals surface area contributed by atoms with Crippen molar-refractivity contribution in [1.29, 1.82) is 0 Å². The van der Waals surface area contributed by atoms with Crippen LogP contribution in [0, 0.1) is 0 Å². The molecule has 6 nitrogen and oxygen atoms in total. The average molecular weight is 472 g/mol. The van der Waals surface area contributed by atoms with Crippen molar-refractivity contribution in [3.05, 3.63) is 83.7 Å². The molecular formula is C29H33N3O3. The van der Waals surface area contributed by atoms with E-state index in [1.807, 2.05) is 42.2 Å². The largest absolute Gasteiger partial charge is 0.481 e. The number of aromatic nitrogens is 2. The number of hydrogen-bond donors (Lipinski definition) is 1. The Hall–Kier alpha value is -3.54. The maximum absolute atomic E-state index is 13.4. The van der Waals surface area contributed by atoms with Crippen molar-refractivity contribution in [2.24, 2.45) is 0 Å². The normalized spacial score (nSPS) is 16.7. The van der Waals surface area contributed by atoms with Gasteiger partial charge in [-0.05, 0) is 55.9 Å². The van der Waals surface area contributed by atoms with E-state index in [0.717, 1.165) is 49.3 Å². The van der Waals surface area contributed by atoms with Gasteiger partial charge in [0, 0.05) is 36.9 Å². The molecular weight excluding hydrogens is 438 g/mol. The first kappa shape index (κ1) is 24.6. The zero-order chi connectivity index (χ0) is 24.8. The number of likely N-dealkylation sites (tertiary alicyclic amines) is 1. The van der Waals surface area contributed by atoms with Gasteiger partial charge in [-0.15, -0.1) is 6.58 Å². The van der Waals surface area contributed by atoms with E-state index >= 15 is 0 Å². The van der Waals surface area contributed by atoms with E-state index in [1.54, 1.807) is 0 Å². The molecule has 1 unspecified atom stereocenters. The lowest BCUT2D eigenvalue weighted by atomic mass is 9.90. The van der Waals surface area contributed by atoms with Gasteiger partial charge >= 0.3 is 5.97 Å². The number of fused-ring (bicyclic) bond motifs is 1. The summed E-state index contributed by atoms with van der Waals surface area (Å²) in [5.74, 6) is -0.369. The second-order valence-corrected chi connectivity index (χ2v) is 9.39. The van der Waals surface area contributed by atoms with Gasteiger partial charge in [0.1, 0.15) is 0 Å². The summed E-state index contributed by atoms with van der Waals surface area (Å²) >= 11 is 0. The molecule has 1 aliphatic rings. The summed E-state index contributed by atoms with van der Waals surface area (Å²) < 4.78 is 0. The molecule has 0 saturated carbocycles. The van der Waals surface area contributed by atoms with Crippen LogP contribution < -0.4 is 0 Å². The summed E-state index contributed by atoms with van der Waals surface area (Å²) in [5, 5.41) is 8.93. The third-order valence-electron chi connectivity index (χ3n) is 6.83. The number of carbonyl (C=O) groups is 2. The van der Waals surface area contributed by atoms with Crippen LogP contribution in [0.1, 0.15) is 78.2 Å². The fourth-order valence-corrected chi connectivity index (χ4v) is 4.81. The summed E-state index contributed by atoms with van der Waals surface area (Å²) in [5.41, 5.74) is 5.07. The Labute approximate surface area is 206 Å². The number of carbonyl (C=O) groups excluding carboxylic acids is 1. The Bertz CT molecular complexity index is 1210. The molecule has 3 aromatic rings. The van der Waals surface area contributed by atoms with Crippen molar-refractivity contribution >= 4 is 22.9 Å². The van der Waals surface area contributed by atoms with E-state index in [9.17, 15) is 9.59 Å². The minimum atomic E-state index is -0.787. The number of rotatable bonds is 9. The van der Waals surface area contributed by atoms with E-state index in [0.29, 0.717) is 29.8 Å². The maximum Gasteiger partial charge on any atom is 0.303 e. The van der Waals surface area contributed by atoms with Crippen molar-refractivity contribution in [3.8, 4) is 0 Å². The smallest absolute Gasteiger partial charge is 0.303 e. The number of unbranched alkanes of at least 4 members (excludes halogenated alkanes) is 1. The van der Waals surface area contributed by atoms with Crippen molar-refractivity contribution < 1.29 is 14.7 Å². The highest BCUT2D eigenvalue weighted by Gasteiger charge is 2.26. The van der Waals surface area contributed by atoms with Gasteiger partial charge < -0.3 is 10.0 Å². The highest BCUT2D eigenvalue weighted by Crippen LogP contribution is 2.28. The van der Waals surface area contributed by atoms with Gasteiger partial charge in [-0.1, -0.05) is 43.3 Å². The number of aliphatic carboxylic acids is 1. The standard InChI is InChI=1S/C29H33N3O3/c1-3-20(2)28-25(13-7-8-14-27(33)34)30-26-18-22(15-16-24(26)31-28)29(35)32-17-9-12-23(19-32)21-10-5-4-6-11-21/h3-6,10-11,15-16,18,20,23H,1,7-9,12-14,17,19H2,2H3,(H,33,34)/t20?,23-/m1/s1. The lowest BCUT2D eigenvalue weighted by Gasteiger charge is -2.33.